The van der Waals surface area contributed by atoms with Crippen molar-refractivity contribution in [3.05, 3.63) is 12.4 Å². The maximum Gasteiger partial charge on any atom is 0.147 e. The van der Waals surface area contributed by atoms with E-state index < -0.39 is 0 Å². The fourth-order valence-electron chi connectivity index (χ4n) is 0.450. The van der Waals surface area contributed by atoms with Crippen LogP contribution in [0.1, 0.15) is 0 Å². The van der Waals surface area contributed by atoms with Crippen molar-refractivity contribution in [2.24, 2.45) is 0 Å². The summed E-state index contributed by atoms with van der Waals surface area (Å²) < 4.78 is 11.8. The molecule has 0 bridgehead atoms. The summed E-state index contributed by atoms with van der Waals surface area (Å²) in [6.07, 6.45) is 4.86. The molecule has 0 atom stereocenters. The highest BCUT2D eigenvalue weighted by Crippen LogP contribution is 2.16. The smallest absolute Gasteiger partial charge is 0.147 e. The van der Waals surface area contributed by atoms with Crippen molar-refractivity contribution in [3.63, 3.8) is 0 Å². The van der Waals surface area contributed by atoms with E-state index >= 15 is 0 Å². The molecule has 0 amide bonds. The minimum absolute atomic E-state index is 0.105. The lowest BCUT2D eigenvalue weighted by Gasteiger charge is -1.92. The van der Waals surface area contributed by atoms with E-state index in [-0.39, 0.29) is 12.1 Å². The first-order valence-corrected chi connectivity index (χ1v) is 4.45. The Morgan fingerprint density at radius 2 is 1.90 bits per heavy atom. The quantitative estimate of drug-likeness (QED) is 0.645. The average molecular weight is 176 g/mol. The number of thioether (sulfide) groups is 1. The SMILES string of the molecule is CSc1cnc(SF)cn1. The van der Waals surface area contributed by atoms with Gasteiger partial charge in [-0.2, -0.15) is 3.89 Å². The summed E-state index contributed by atoms with van der Waals surface area (Å²) in [6, 6.07) is 0. The fraction of sp³-hybridized carbons (Fsp3) is 0.200. The maximum absolute atomic E-state index is 11.8. The van der Waals surface area contributed by atoms with Gasteiger partial charge in [-0.05, 0) is 6.26 Å². The topological polar surface area (TPSA) is 25.8 Å². The summed E-state index contributed by atoms with van der Waals surface area (Å²) in [5, 5.41) is 1.11. The summed E-state index contributed by atoms with van der Waals surface area (Å²) in [6.45, 7) is 0. The third-order valence-corrected chi connectivity index (χ3v) is 1.89. The molecule has 0 aliphatic carbocycles. The molecule has 1 aromatic rings. The van der Waals surface area contributed by atoms with Crippen molar-refractivity contribution < 1.29 is 3.89 Å². The van der Waals surface area contributed by atoms with Gasteiger partial charge in [0, 0.05) is 0 Å². The van der Waals surface area contributed by atoms with Gasteiger partial charge >= 0.3 is 0 Å². The van der Waals surface area contributed by atoms with Crippen LogP contribution < -0.4 is 0 Å². The highest BCUT2D eigenvalue weighted by molar-refractivity contribution is 7.98. The van der Waals surface area contributed by atoms with Crippen molar-refractivity contribution in [1.29, 1.82) is 0 Å². The predicted molar refractivity (Wildman–Crippen MR) is 40.8 cm³/mol. The first-order valence-electron chi connectivity index (χ1n) is 2.51. The van der Waals surface area contributed by atoms with Crippen LogP contribution in [0.5, 0.6) is 0 Å². The molecule has 0 saturated heterocycles. The normalized spacial score (nSPS) is 9.80. The molecule has 0 radical (unpaired) electrons. The molecule has 0 N–H and O–H groups in total. The monoisotopic (exact) mass is 176 g/mol. The van der Waals surface area contributed by atoms with Crippen LogP contribution in [0.2, 0.25) is 0 Å². The number of hydrogen-bond donors (Lipinski definition) is 0. The van der Waals surface area contributed by atoms with Gasteiger partial charge in [-0.15, -0.1) is 11.8 Å². The summed E-state index contributed by atoms with van der Waals surface area (Å²) in [5.74, 6) is 0. The van der Waals surface area contributed by atoms with Gasteiger partial charge in [0.2, 0.25) is 0 Å². The van der Waals surface area contributed by atoms with Crippen molar-refractivity contribution in [3.8, 4) is 0 Å². The summed E-state index contributed by atoms with van der Waals surface area (Å²) in [7, 11) is 0. The molecule has 0 saturated carbocycles. The molecular formula is C5H5FN2S2. The Balaban J connectivity index is 2.80. The highest BCUT2D eigenvalue weighted by Gasteiger charge is 1.94. The molecule has 0 spiro atoms. The zero-order chi connectivity index (χ0) is 7.40. The van der Waals surface area contributed by atoms with Gasteiger partial charge in [0.15, 0.2) is 0 Å². The second kappa shape index (κ2) is 3.78. The molecule has 1 rings (SSSR count). The van der Waals surface area contributed by atoms with E-state index in [1.165, 1.54) is 18.0 Å². The lowest BCUT2D eigenvalue weighted by atomic mass is 10.8. The lowest BCUT2D eigenvalue weighted by molar-refractivity contribution is 0.896. The van der Waals surface area contributed by atoms with Crippen molar-refractivity contribution in [1.82, 2.24) is 9.97 Å². The molecular weight excluding hydrogens is 171 g/mol. The van der Waals surface area contributed by atoms with E-state index in [1.807, 2.05) is 6.26 Å². The Morgan fingerprint density at radius 1 is 1.30 bits per heavy atom. The van der Waals surface area contributed by atoms with Gasteiger partial charge in [0.1, 0.15) is 22.2 Å². The van der Waals surface area contributed by atoms with Crippen LogP contribution in [0.4, 0.5) is 3.89 Å². The number of rotatable bonds is 2. The van der Waals surface area contributed by atoms with Gasteiger partial charge in [-0.1, -0.05) is 0 Å². The molecule has 5 heteroatoms. The Labute approximate surface area is 66.9 Å². The highest BCUT2D eigenvalue weighted by atomic mass is 32.2. The molecule has 1 aromatic heterocycles. The van der Waals surface area contributed by atoms with Crippen LogP contribution in [0.3, 0.4) is 0 Å². The van der Waals surface area contributed by atoms with Crippen molar-refractivity contribution >= 4 is 23.9 Å². The Bertz CT molecular complexity index is 178. The number of hydrogen-bond acceptors (Lipinski definition) is 4. The zero-order valence-corrected chi connectivity index (χ0v) is 6.88. The van der Waals surface area contributed by atoms with Crippen LogP contribution >= 0.6 is 23.9 Å². The molecule has 0 fully saturated rings. The van der Waals surface area contributed by atoms with Crippen molar-refractivity contribution in [2.45, 2.75) is 10.1 Å². The maximum atomic E-state index is 11.8. The third kappa shape index (κ3) is 1.85. The minimum atomic E-state index is 0.105. The van der Waals surface area contributed by atoms with Gasteiger partial charge in [-0.3, -0.25) is 0 Å². The van der Waals surface area contributed by atoms with E-state index in [0.29, 0.717) is 5.03 Å². The summed E-state index contributed by atoms with van der Waals surface area (Å²) in [4.78, 5) is 7.68. The van der Waals surface area contributed by atoms with E-state index in [9.17, 15) is 3.89 Å². The van der Waals surface area contributed by atoms with E-state index in [1.54, 1.807) is 6.20 Å². The largest absolute Gasteiger partial charge is 0.245 e. The average Bonchev–Trinajstić information content (AvgIpc) is 2.05. The van der Waals surface area contributed by atoms with Crippen LogP contribution in [0.25, 0.3) is 0 Å². The van der Waals surface area contributed by atoms with Crippen LogP contribution in [-0.2, 0) is 0 Å². The molecule has 0 aromatic carbocycles. The summed E-state index contributed by atoms with van der Waals surface area (Å²) in [5.41, 5.74) is 0. The zero-order valence-electron chi connectivity index (χ0n) is 5.24. The Kier molecular flexibility index (Phi) is 2.95. The van der Waals surface area contributed by atoms with E-state index in [4.69, 9.17) is 0 Å². The van der Waals surface area contributed by atoms with Crippen LogP contribution in [0, 0.1) is 0 Å². The molecule has 0 aliphatic rings. The molecule has 10 heavy (non-hydrogen) atoms. The van der Waals surface area contributed by atoms with E-state index in [0.717, 1.165) is 5.03 Å². The second-order valence-corrected chi connectivity index (χ2v) is 2.87. The van der Waals surface area contributed by atoms with Crippen molar-refractivity contribution in [2.75, 3.05) is 6.26 Å². The third-order valence-electron chi connectivity index (χ3n) is 0.893. The lowest BCUT2D eigenvalue weighted by Crippen LogP contribution is -1.82. The van der Waals surface area contributed by atoms with Gasteiger partial charge in [0.25, 0.3) is 0 Å². The summed E-state index contributed by atoms with van der Waals surface area (Å²) >= 11 is 1.59. The molecule has 1 heterocycles. The fourth-order valence-corrected chi connectivity index (χ4v) is 0.951. The van der Waals surface area contributed by atoms with Crippen LogP contribution in [0.15, 0.2) is 22.4 Å². The Morgan fingerprint density at radius 3 is 2.30 bits per heavy atom. The van der Waals surface area contributed by atoms with E-state index in [2.05, 4.69) is 9.97 Å². The Hall–Kier alpha value is -0.290. The number of nitrogens with zero attached hydrogens (tertiary/aromatic N) is 2. The number of halogens is 1. The standard InChI is InChI=1S/C5H5FN2S2/c1-9-4-2-8-5(10-6)3-7-4/h2-3H,1H3. The first kappa shape index (κ1) is 7.81. The molecule has 54 valence electrons. The molecule has 0 unspecified atom stereocenters. The van der Waals surface area contributed by atoms with Gasteiger partial charge in [0.05, 0.1) is 12.4 Å². The van der Waals surface area contributed by atoms with Gasteiger partial charge in [-0.25, -0.2) is 9.97 Å². The first-order chi connectivity index (χ1) is 4.86. The predicted octanol–water partition coefficient (Wildman–Crippen LogP) is 2.18. The molecule has 0 aliphatic heterocycles. The molecule has 2 nitrogen and oxygen atoms in total. The number of aromatic nitrogens is 2. The second-order valence-electron chi connectivity index (χ2n) is 1.47. The minimum Gasteiger partial charge on any atom is -0.245 e. The van der Waals surface area contributed by atoms with Crippen LogP contribution in [-0.4, -0.2) is 16.2 Å². The van der Waals surface area contributed by atoms with Gasteiger partial charge < -0.3 is 0 Å².